The number of aromatic nitrogens is 4. The number of methoxy groups -OCH3 is 1. The molecule has 0 radical (unpaired) electrons. The van der Waals surface area contributed by atoms with Crippen LogP contribution in [0.3, 0.4) is 0 Å². The maximum atomic E-state index is 12.9. The van der Waals surface area contributed by atoms with Gasteiger partial charge in [-0.2, -0.15) is 0 Å². The quantitative estimate of drug-likeness (QED) is 0.254. The van der Waals surface area contributed by atoms with E-state index in [0.717, 1.165) is 16.3 Å². The lowest BCUT2D eigenvalue weighted by atomic mass is 10.2. The topological polar surface area (TPSA) is 96.1 Å². The molecule has 4 rings (SSSR count). The molecular weight excluding hydrogens is 428 g/mol. The second-order valence-corrected chi connectivity index (χ2v) is 8.03. The molecule has 2 aromatic heterocycles. The van der Waals surface area contributed by atoms with E-state index in [-0.39, 0.29) is 22.6 Å². The molecule has 4 aromatic rings. The van der Waals surface area contributed by atoms with Gasteiger partial charge < -0.3 is 4.74 Å². The SMILES string of the molecule is COc1ccc(-c2nc(SCC(=O)c3ccccc3)c3c(=O)n(C)c(=O)n(C)c3n2)cc1. The Labute approximate surface area is 187 Å². The normalized spacial score (nSPS) is 11.0. The molecule has 0 unspecified atom stereocenters. The number of fused-ring (bicyclic) bond motifs is 1. The molecule has 0 aliphatic rings. The first-order valence-electron chi connectivity index (χ1n) is 9.74. The van der Waals surface area contributed by atoms with E-state index in [4.69, 9.17) is 4.74 Å². The van der Waals surface area contributed by atoms with E-state index in [1.54, 1.807) is 62.7 Å². The summed E-state index contributed by atoms with van der Waals surface area (Å²) in [4.78, 5) is 47.1. The Bertz CT molecular complexity index is 1430. The summed E-state index contributed by atoms with van der Waals surface area (Å²) in [5.41, 5.74) is 0.497. The van der Waals surface area contributed by atoms with E-state index in [1.165, 1.54) is 11.6 Å². The minimum absolute atomic E-state index is 0.0875. The lowest BCUT2D eigenvalue weighted by molar-refractivity contribution is 0.102. The second-order valence-electron chi connectivity index (χ2n) is 7.06. The molecule has 2 heterocycles. The molecule has 2 aromatic carbocycles. The molecule has 9 heteroatoms. The molecule has 0 amide bonds. The van der Waals surface area contributed by atoms with Gasteiger partial charge in [-0.1, -0.05) is 42.1 Å². The highest BCUT2D eigenvalue weighted by Gasteiger charge is 2.19. The van der Waals surface area contributed by atoms with Gasteiger partial charge in [0, 0.05) is 25.2 Å². The fourth-order valence-corrected chi connectivity index (χ4v) is 4.15. The summed E-state index contributed by atoms with van der Waals surface area (Å²) in [6, 6.07) is 16.1. The third-order valence-corrected chi connectivity index (χ3v) is 6.03. The first-order chi connectivity index (χ1) is 15.4. The summed E-state index contributed by atoms with van der Waals surface area (Å²) in [6.07, 6.45) is 0. The van der Waals surface area contributed by atoms with Gasteiger partial charge in [0.15, 0.2) is 17.3 Å². The molecule has 0 saturated carbocycles. The average Bonchev–Trinajstić information content (AvgIpc) is 2.84. The number of hydrogen-bond acceptors (Lipinski definition) is 7. The van der Waals surface area contributed by atoms with Gasteiger partial charge in [-0.25, -0.2) is 14.8 Å². The predicted octanol–water partition coefficient (Wildman–Crippen LogP) is 2.68. The Morgan fingerprint density at radius 1 is 0.969 bits per heavy atom. The standard InChI is InChI=1S/C23H20N4O4S/c1-26-20-18(22(29)27(2)23(26)30)21(32-13-17(28)14-7-5-4-6-8-14)25-19(24-20)15-9-11-16(31-3)12-10-15/h4-12H,13H2,1-3H3. The van der Waals surface area contributed by atoms with E-state index < -0.39 is 11.2 Å². The number of rotatable bonds is 6. The molecule has 0 saturated heterocycles. The minimum Gasteiger partial charge on any atom is -0.497 e. The second kappa shape index (κ2) is 8.80. The minimum atomic E-state index is -0.501. The first kappa shape index (κ1) is 21.5. The number of benzene rings is 2. The molecule has 0 fully saturated rings. The Kier molecular flexibility index (Phi) is 5.91. The third kappa shape index (κ3) is 3.94. The lowest BCUT2D eigenvalue weighted by Crippen LogP contribution is -2.37. The van der Waals surface area contributed by atoms with Gasteiger partial charge >= 0.3 is 5.69 Å². The fraction of sp³-hybridized carbons (Fsp3) is 0.174. The lowest BCUT2D eigenvalue weighted by Gasteiger charge is -2.12. The Morgan fingerprint density at radius 3 is 2.31 bits per heavy atom. The Morgan fingerprint density at radius 2 is 1.66 bits per heavy atom. The van der Waals surface area contributed by atoms with Crippen LogP contribution in [0.2, 0.25) is 0 Å². The zero-order valence-electron chi connectivity index (χ0n) is 17.7. The zero-order chi connectivity index (χ0) is 22.8. The Balaban J connectivity index is 1.85. The van der Waals surface area contributed by atoms with Gasteiger partial charge in [-0.15, -0.1) is 0 Å². The number of carbonyl (C=O) groups excluding carboxylic acids is 1. The number of nitrogens with zero attached hydrogens (tertiary/aromatic N) is 4. The molecule has 8 nitrogen and oxygen atoms in total. The van der Waals surface area contributed by atoms with E-state index in [9.17, 15) is 14.4 Å². The molecule has 0 N–H and O–H groups in total. The maximum Gasteiger partial charge on any atom is 0.332 e. The van der Waals surface area contributed by atoms with Gasteiger partial charge in [0.25, 0.3) is 5.56 Å². The monoisotopic (exact) mass is 448 g/mol. The maximum absolute atomic E-state index is 12.9. The van der Waals surface area contributed by atoms with Crippen molar-refractivity contribution >= 4 is 28.6 Å². The van der Waals surface area contributed by atoms with Crippen LogP contribution >= 0.6 is 11.8 Å². The number of aryl methyl sites for hydroxylation is 1. The number of ether oxygens (including phenoxy) is 1. The molecular formula is C23H20N4O4S. The molecule has 0 aliphatic carbocycles. The summed E-state index contributed by atoms with van der Waals surface area (Å²) < 4.78 is 7.53. The van der Waals surface area contributed by atoms with Crippen molar-refractivity contribution in [3.8, 4) is 17.1 Å². The predicted molar refractivity (Wildman–Crippen MR) is 124 cm³/mol. The van der Waals surface area contributed by atoms with Crippen LogP contribution in [-0.4, -0.2) is 37.7 Å². The van der Waals surface area contributed by atoms with Crippen LogP contribution in [0, 0.1) is 0 Å². The zero-order valence-corrected chi connectivity index (χ0v) is 18.5. The highest BCUT2D eigenvalue weighted by atomic mass is 32.2. The van der Waals surface area contributed by atoms with Crippen LogP contribution in [0.5, 0.6) is 5.75 Å². The van der Waals surface area contributed by atoms with Crippen LogP contribution in [0.4, 0.5) is 0 Å². The Hall–Kier alpha value is -3.72. The van der Waals surface area contributed by atoms with Gasteiger partial charge in [-0.05, 0) is 24.3 Å². The number of carbonyl (C=O) groups is 1. The average molecular weight is 449 g/mol. The summed E-state index contributed by atoms with van der Waals surface area (Å²) in [6.45, 7) is 0. The van der Waals surface area contributed by atoms with Crippen molar-refractivity contribution < 1.29 is 9.53 Å². The molecule has 32 heavy (non-hydrogen) atoms. The van der Waals surface area contributed by atoms with Crippen molar-refractivity contribution in [1.82, 2.24) is 19.1 Å². The molecule has 0 bridgehead atoms. The summed E-state index contributed by atoms with van der Waals surface area (Å²) in [5, 5.41) is 0.555. The third-order valence-electron chi connectivity index (χ3n) is 5.05. The molecule has 162 valence electrons. The largest absolute Gasteiger partial charge is 0.497 e. The highest BCUT2D eigenvalue weighted by Crippen LogP contribution is 2.27. The van der Waals surface area contributed by atoms with Crippen LogP contribution in [0.1, 0.15) is 10.4 Å². The number of Topliss-reactive ketones (excluding diaryl/α,β-unsaturated/α-hetero) is 1. The van der Waals surface area contributed by atoms with Crippen LogP contribution in [0.25, 0.3) is 22.4 Å². The van der Waals surface area contributed by atoms with E-state index >= 15 is 0 Å². The molecule has 0 spiro atoms. The number of ketones is 1. The van der Waals surface area contributed by atoms with Gasteiger partial charge in [0.2, 0.25) is 0 Å². The van der Waals surface area contributed by atoms with E-state index in [0.29, 0.717) is 27.7 Å². The van der Waals surface area contributed by atoms with Crippen LogP contribution in [-0.2, 0) is 14.1 Å². The molecule has 0 atom stereocenters. The fourth-order valence-electron chi connectivity index (χ4n) is 3.24. The number of thioether (sulfide) groups is 1. The van der Waals surface area contributed by atoms with Gasteiger partial charge in [0.1, 0.15) is 16.2 Å². The van der Waals surface area contributed by atoms with Crippen molar-refractivity contribution in [2.75, 3.05) is 12.9 Å². The highest BCUT2D eigenvalue weighted by molar-refractivity contribution is 8.00. The summed E-state index contributed by atoms with van der Waals surface area (Å²) >= 11 is 1.15. The van der Waals surface area contributed by atoms with E-state index in [1.807, 2.05) is 6.07 Å². The summed E-state index contributed by atoms with van der Waals surface area (Å²) in [5.74, 6) is 1.02. The van der Waals surface area contributed by atoms with Gasteiger partial charge in [-0.3, -0.25) is 18.7 Å². The van der Waals surface area contributed by atoms with Crippen LogP contribution in [0.15, 0.2) is 69.2 Å². The first-order valence-corrected chi connectivity index (χ1v) is 10.7. The van der Waals surface area contributed by atoms with Crippen molar-refractivity contribution in [1.29, 1.82) is 0 Å². The smallest absolute Gasteiger partial charge is 0.332 e. The van der Waals surface area contributed by atoms with Crippen molar-refractivity contribution in [2.45, 2.75) is 5.03 Å². The van der Waals surface area contributed by atoms with Crippen LogP contribution < -0.4 is 16.0 Å². The summed E-state index contributed by atoms with van der Waals surface area (Å²) in [7, 11) is 4.54. The van der Waals surface area contributed by atoms with Crippen molar-refractivity contribution in [3.05, 3.63) is 81.0 Å². The van der Waals surface area contributed by atoms with E-state index in [2.05, 4.69) is 9.97 Å². The van der Waals surface area contributed by atoms with Gasteiger partial charge in [0.05, 0.1) is 12.9 Å². The number of hydrogen-bond donors (Lipinski definition) is 0. The van der Waals surface area contributed by atoms with Crippen molar-refractivity contribution in [2.24, 2.45) is 14.1 Å². The molecule has 0 aliphatic heterocycles. The van der Waals surface area contributed by atoms with Crippen molar-refractivity contribution in [3.63, 3.8) is 0 Å².